The van der Waals surface area contributed by atoms with Gasteiger partial charge in [-0.25, -0.2) is 0 Å². The van der Waals surface area contributed by atoms with E-state index in [0.717, 1.165) is 15.7 Å². The Kier molecular flexibility index (Phi) is 4.71. The maximum Gasteiger partial charge on any atom is 0.186 e. The van der Waals surface area contributed by atoms with E-state index in [-0.39, 0.29) is 0 Å². The van der Waals surface area contributed by atoms with Crippen molar-refractivity contribution in [2.45, 2.75) is 6.92 Å². The summed E-state index contributed by atoms with van der Waals surface area (Å²) < 4.78 is 1.05. The van der Waals surface area contributed by atoms with Crippen molar-refractivity contribution in [2.75, 3.05) is 7.05 Å². The van der Waals surface area contributed by atoms with Crippen LogP contribution < -0.4 is 10.7 Å². The lowest BCUT2D eigenvalue weighted by atomic mass is 10.1. The Hall–Kier alpha value is -0.940. The van der Waals surface area contributed by atoms with Gasteiger partial charge in [-0.2, -0.15) is 5.10 Å². The zero-order valence-electron chi connectivity index (χ0n) is 8.54. The van der Waals surface area contributed by atoms with Crippen LogP contribution in [0.2, 0.25) is 0 Å². The molecule has 0 saturated heterocycles. The molecule has 0 bridgehead atoms. The van der Waals surface area contributed by atoms with Gasteiger partial charge in [0.1, 0.15) is 0 Å². The average molecular weight is 286 g/mol. The van der Waals surface area contributed by atoms with Crippen molar-refractivity contribution in [3.63, 3.8) is 0 Å². The number of rotatable bonds is 2. The number of hydrazone groups is 1. The Morgan fingerprint density at radius 2 is 1.93 bits per heavy atom. The first-order valence-corrected chi connectivity index (χ1v) is 5.61. The number of nitrogens with zero attached hydrogens (tertiary/aromatic N) is 1. The molecule has 0 heterocycles. The summed E-state index contributed by atoms with van der Waals surface area (Å²) >= 11 is 8.29. The quantitative estimate of drug-likeness (QED) is 0.497. The molecule has 0 saturated carbocycles. The van der Waals surface area contributed by atoms with Crippen LogP contribution in [-0.4, -0.2) is 17.9 Å². The van der Waals surface area contributed by atoms with Gasteiger partial charge in [-0.1, -0.05) is 28.1 Å². The highest BCUT2D eigenvalue weighted by Gasteiger charge is 1.97. The maximum atomic E-state index is 4.91. The molecule has 2 N–H and O–H groups in total. The average Bonchev–Trinajstić information content (AvgIpc) is 2.26. The first-order chi connectivity index (χ1) is 7.13. The van der Waals surface area contributed by atoms with Crippen LogP contribution in [0.5, 0.6) is 0 Å². The lowest BCUT2D eigenvalue weighted by Gasteiger charge is -2.03. The number of hydrogen-bond acceptors (Lipinski definition) is 2. The molecule has 0 atom stereocenters. The van der Waals surface area contributed by atoms with Crippen molar-refractivity contribution < 1.29 is 0 Å². The monoisotopic (exact) mass is 285 g/mol. The van der Waals surface area contributed by atoms with Crippen molar-refractivity contribution in [1.82, 2.24) is 10.7 Å². The van der Waals surface area contributed by atoms with E-state index >= 15 is 0 Å². The summed E-state index contributed by atoms with van der Waals surface area (Å²) in [7, 11) is 1.75. The van der Waals surface area contributed by atoms with Crippen molar-refractivity contribution in [3.05, 3.63) is 34.3 Å². The van der Waals surface area contributed by atoms with Crippen molar-refractivity contribution >= 4 is 39.0 Å². The van der Waals surface area contributed by atoms with Gasteiger partial charge in [-0.05, 0) is 36.8 Å². The van der Waals surface area contributed by atoms with Gasteiger partial charge >= 0.3 is 0 Å². The third-order valence-corrected chi connectivity index (χ3v) is 2.64. The van der Waals surface area contributed by atoms with Crippen LogP contribution >= 0.6 is 28.1 Å². The van der Waals surface area contributed by atoms with E-state index in [1.165, 1.54) is 0 Å². The summed E-state index contributed by atoms with van der Waals surface area (Å²) in [6.07, 6.45) is 0. The standard InChI is InChI=1S/C10H12BrN3S/c1-7(13-14-10(15)12-2)8-3-5-9(11)6-4-8/h3-6H,1-2H3,(H2,12,14,15). The zero-order valence-corrected chi connectivity index (χ0v) is 10.9. The Balaban J connectivity index is 2.71. The lowest BCUT2D eigenvalue weighted by Crippen LogP contribution is -2.29. The van der Waals surface area contributed by atoms with E-state index in [1.807, 2.05) is 31.2 Å². The normalized spacial score (nSPS) is 11.0. The summed E-state index contributed by atoms with van der Waals surface area (Å²) in [5.41, 5.74) is 4.69. The molecule has 0 spiro atoms. The summed E-state index contributed by atoms with van der Waals surface area (Å²) in [6.45, 7) is 1.93. The third-order valence-electron chi connectivity index (χ3n) is 1.81. The van der Waals surface area contributed by atoms with Crippen molar-refractivity contribution in [1.29, 1.82) is 0 Å². The molecule has 0 fully saturated rings. The molecule has 15 heavy (non-hydrogen) atoms. The minimum Gasteiger partial charge on any atom is -0.364 e. The highest BCUT2D eigenvalue weighted by atomic mass is 79.9. The van der Waals surface area contributed by atoms with E-state index in [0.29, 0.717) is 5.11 Å². The molecule has 5 heteroatoms. The van der Waals surface area contributed by atoms with Gasteiger partial charge in [0.15, 0.2) is 5.11 Å². The van der Waals surface area contributed by atoms with E-state index in [9.17, 15) is 0 Å². The fourth-order valence-electron chi connectivity index (χ4n) is 0.946. The molecule has 0 aromatic heterocycles. The molecule has 0 radical (unpaired) electrons. The Morgan fingerprint density at radius 1 is 1.33 bits per heavy atom. The second kappa shape index (κ2) is 5.82. The number of benzene rings is 1. The summed E-state index contributed by atoms with van der Waals surface area (Å²) in [6, 6.07) is 7.94. The first kappa shape index (κ1) is 12.1. The van der Waals surface area contributed by atoms with Gasteiger partial charge in [0.25, 0.3) is 0 Å². The van der Waals surface area contributed by atoms with Crippen LogP contribution in [0.25, 0.3) is 0 Å². The van der Waals surface area contributed by atoms with Crippen molar-refractivity contribution in [3.8, 4) is 0 Å². The highest BCUT2D eigenvalue weighted by molar-refractivity contribution is 9.10. The number of thiocarbonyl (C=S) groups is 1. The Bertz CT molecular complexity index is 373. The van der Waals surface area contributed by atoms with Gasteiger partial charge in [-0.3, -0.25) is 5.43 Å². The Labute approximate surface area is 103 Å². The van der Waals surface area contributed by atoms with Gasteiger partial charge < -0.3 is 5.32 Å². The third kappa shape index (κ3) is 3.97. The second-order valence-corrected chi connectivity index (χ2v) is 4.22. The predicted octanol–water partition coefficient (Wildman–Crippen LogP) is 2.27. The molecule has 0 aliphatic carbocycles. The van der Waals surface area contributed by atoms with Crippen molar-refractivity contribution in [2.24, 2.45) is 5.10 Å². The first-order valence-electron chi connectivity index (χ1n) is 4.41. The molecular weight excluding hydrogens is 274 g/mol. The minimum absolute atomic E-state index is 0.506. The van der Waals surface area contributed by atoms with E-state index in [4.69, 9.17) is 12.2 Å². The fourth-order valence-corrected chi connectivity index (χ4v) is 1.26. The minimum atomic E-state index is 0.506. The van der Waals surface area contributed by atoms with Crippen LogP contribution in [0.15, 0.2) is 33.8 Å². The molecule has 80 valence electrons. The molecule has 0 amide bonds. The summed E-state index contributed by atoms with van der Waals surface area (Å²) in [4.78, 5) is 0. The van der Waals surface area contributed by atoms with Crippen LogP contribution in [0.3, 0.4) is 0 Å². The topological polar surface area (TPSA) is 36.4 Å². The maximum absolute atomic E-state index is 4.91. The molecule has 1 rings (SSSR count). The molecule has 0 aliphatic rings. The predicted molar refractivity (Wildman–Crippen MR) is 71.1 cm³/mol. The smallest absolute Gasteiger partial charge is 0.186 e. The Morgan fingerprint density at radius 3 is 2.47 bits per heavy atom. The number of hydrogen-bond donors (Lipinski definition) is 2. The van der Waals surface area contributed by atoms with Crippen LogP contribution in [0, 0.1) is 0 Å². The van der Waals surface area contributed by atoms with Gasteiger partial charge in [0.05, 0.1) is 5.71 Å². The van der Waals surface area contributed by atoms with Crippen LogP contribution in [-0.2, 0) is 0 Å². The molecule has 0 aliphatic heterocycles. The second-order valence-electron chi connectivity index (χ2n) is 2.90. The van der Waals surface area contributed by atoms with Gasteiger partial charge in [0, 0.05) is 11.5 Å². The van der Waals surface area contributed by atoms with E-state index < -0.39 is 0 Å². The lowest BCUT2D eigenvalue weighted by molar-refractivity contribution is 0.974. The molecule has 0 unspecified atom stereocenters. The fraction of sp³-hybridized carbons (Fsp3) is 0.200. The van der Waals surface area contributed by atoms with E-state index in [2.05, 4.69) is 31.8 Å². The van der Waals surface area contributed by atoms with Gasteiger partial charge in [-0.15, -0.1) is 0 Å². The van der Waals surface area contributed by atoms with Crippen LogP contribution in [0.1, 0.15) is 12.5 Å². The summed E-state index contributed by atoms with van der Waals surface area (Å²) in [5.74, 6) is 0. The van der Waals surface area contributed by atoms with Crippen LogP contribution in [0.4, 0.5) is 0 Å². The molecule has 1 aromatic carbocycles. The number of nitrogens with one attached hydrogen (secondary N) is 2. The van der Waals surface area contributed by atoms with Gasteiger partial charge in [0.2, 0.25) is 0 Å². The SMILES string of the molecule is CNC(=S)NN=C(C)c1ccc(Br)cc1. The number of halogens is 1. The summed E-state index contributed by atoms with van der Waals surface area (Å²) in [5, 5.41) is 7.44. The van der Waals surface area contributed by atoms with E-state index in [1.54, 1.807) is 7.05 Å². The molecule has 1 aromatic rings. The highest BCUT2D eigenvalue weighted by Crippen LogP contribution is 2.10. The molecule has 3 nitrogen and oxygen atoms in total. The largest absolute Gasteiger partial charge is 0.364 e. The zero-order chi connectivity index (χ0) is 11.3. The molecular formula is C10H12BrN3S.